The summed E-state index contributed by atoms with van der Waals surface area (Å²) in [6, 6.07) is 1.94. The highest BCUT2D eigenvalue weighted by Crippen LogP contribution is 1.88. The van der Waals surface area contributed by atoms with Crippen molar-refractivity contribution in [2.75, 3.05) is 5.88 Å². The van der Waals surface area contributed by atoms with Crippen molar-refractivity contribution in [1.82, 2.24) is 0 Å². The third kappa shape index (κ3) is 3.35. The number of halogens is 1. The summed E-state index contributed by atoms with van der Waals surface area (Å²) in [6.45, 7) is 1.72. The van der Waals surface area contributed by atoms with Crippen LogP contribution in [-0.4, -0.2) is 5.88 Å². The summed E-state index contributed by atoms with van der Waals surface area (Å²) in [4.78, 5) is 0. The van der Waals surface area contributed by atoms with Gasteiger partial charge in [-0.1, -0.05) is 6.08 Å². The molecule has 1 nitrogen and oxygen atoms in total. The molecule has 0 fully saturated rings. The quantitative estimate of drug-likeness (QED) is 0.377. The molecule has 38 valence electrons. The zero-order valence-corrected chi connectivity index (χ0v) is 4.87. The molecule has 0 rings (SSSR count). The number of alkyl halides is 1. The standard InChI is InChI=1S/C5H6ClN/c1-5(4-7)2-3-6/h2H,3H2,1H3. The highest BCUT2D eigenvalue weighted by molar-refractivity contribution is 6.18. The van der Waals surface area contributed by atoms with Gasteiger partial charge in [0, 0.05) is 11.5 Å². The van der Waals surface area contributed by atoms with Crippen LogP contribution in [0, 0.1) is 11.3 Å². The number of hydrogen-bond acceptors (Lipinski definition) is 1. The van der Waals surface area contributed by atoms with Crippen molar-refractivity contribution in [3.63, 3.8) is 0 Å². The van der Waals surface area contributed by atoms with E-state index in [1.165, 1.54) is 0 Å². The average Bonchev–Trinajstić information content (AvgIpc) is 1.68. The maximum absolute atomic E-state index is 8.09. The Morgan fingerprint density at radius 3 is 2.71 bits per heavy atom. The molecule has 0 aromatic carbocycles. The summed E-state index contributed by atoms with van der Waals surface area (Å²) in [5, 5.41) is 8.09. The lowest BCUT2D eigenvalue weighted by Gasteiger charge is -1.75. The number of rotatable bonds is 1. The maximum atomic E-state index is 8.09. The van der Waals surface area contributed by atoms with Crippen molar-refractivity contribution in [1.29, 1.82) is 5.26 Å². The van der Waals surface area contributed by atoms with E-state index in [2.05, 4.69) is 0 Å². The molecule has 0 N–H and O–H groups in total. The summed E-state index contributed by atoms with van der Waals surface area (Å²) >= 11 is 5.25. The second kappa shape index (κ2) is 3.70. The minimum absolute atomic E-state index is 0.430. The topological polar surface area (TPSA) is 23.8 Å². The summed E-state index contributed by atoms with van der Waals surface area (Å²) in [5.74, 6) is 0.430. The lowest BCUT2D eigenvalue weighted by atomic mass is 10.3. The van der Waals surface area contributed by atoms with Crippen LogP contribution in [0.2, 0.25) is 0 Å². The van der Waals surface area contributed by atoms with Gasteiger partial charge in [0.1, 0.15) is 0 Å². The molecule has 0 aromatic rings. The normalized spacial score (nSPS) is 10.7. The van der Waals surface area contributed by atoms with E-state index in [4.69, 9.17) is 16.9 Å². The molecule has 0 atom stereocenters. The van der Waals surface area contributed by atoms with Gasteiger partial charge in [0.15, 0.2) is 0 Å². The van der Waals surface area contributed by atoms with Gasteiger partial charge in [-0.3, -0.25) is 0 Å². The van der Waals surface area contributed by atoms with E-state index >= 15 is 0 Å². The molecule has 2 heteroatoms. The predicted molar refractivity (Wildman–Crippen MR) is 30.1 cm³/mol. The van der Waals surface area contributed by atoms with E-state index in [0.717, 1.165) is 0 Å². The Kier molecular flexibility index (Phi) is 3.45. The van der Waals surface area contributed by atoms with Gasteiger partial charge in [-0.25, -0.2) is 0 Å². The van der Waals surface area contributed by atoms with E-state index < -0.39 is 0 Å². The van der Waals surface area contributed by atoms with Gasteiger partial charge in [-0.05, 0) is 6.92 Å². The van der Waals surface area contributed by atoms with Crippen LogP contribution in [0.25, 0.3) is 0 Å². The van der Waals surface area contributed by atoms with Gasteiger partial charge in [0.2, 0.25) is 0 Å². The van der Waals surface area contributed by atoms with Crippen molar-refractivity contribution >= 4 is 11.6 Å². The first-order valence-electron chi connectivity index (χ1n) is 1.94. The van der Waals surface area contributed by atoms with Gasteiger partial charge in [0.25, 0.3) is 0 Å². The van der Waals surface area contributed by atoms with E-state index in [-0.39, 0.29) is 0 Å². The van der Waals surface area contributed by atoms with Crippen LogP contribution in [0.5, 0.6) is 0 Å². The van der Waals surface area contributed by atoms with Crippen LogP contribution in [-0.2, 0) is 0 Å². The maximum Gasteiger partial charge on any atom is 0.0941 e. The molecule has 0 spiro atoms. The van der Waals surface area contributed by atoms with Crippen LogP contribution < -0.4 is 0 Å². The molecule has 0 bridgehead atoms. The molecule has 0 saturated heterocycles. The molecule has 0 aliphatic carbocycles. The summed E-state index contributed by atoms with van der Waals surface area (Å²) in [6.07, 6.45) is 1.67. The largest absolute Gasteiger partial charge is 0.193 e. The highest BCUT2D eigenvalue weighted by atomic mass is 35.5. The van der Waals surface area contributed by atoms with Crippen LogP contribution in [0.4, 0.5) is 0 Å². The molecular weight excluding hydrogens is 110 g/mol. The van der Waals surface area contributed by atoms with Crippen molar-refractivity contribution in [2.45, 2.75) is 6.92 Å². The summed E-state index contributed by atoms with van der Waals surface area (Å²) in [5.41, 5.74) is 0.676. The Morgan fingerprint density at radius 1 is 2.00 bits per heavy atom. The van der Waals surface area contributed by atoms with E-state index in [9.17, 15) is 0 Å². The van der Waals surface area contributed by atoms with Crippen LogP contribution in [0.15, 0.2) is 11.6 Å². The summed E-state index contributed by atoms with van der Waals surface area (Å²) in [7, 11) is 0. The molecule has 0 amide bonds. The Labute approximate surface area is 48.2 Å². The fourth-order valence-corrected chi connectivity index (χ4v) is 0.393. The van der Waals surface area contributed by atoms with Gasteiger partial charge >= 0.3 is 0 Å². The van der Waals surface area contributed by atoms with Gasteiger partial charge < -0.3 is 0 Å². The SMILES string of the molecule is CC(C#N)=CCCl. The molecular formula is C5H6ClN. The molecule has 0 unspecified atom stereocenters. The zero-order valence-electron chi connectivity index (χ0n) is 4.11. The molecule has 7 heavy (non-hydrogen) atoms. The third-order valence-corrected chi connectivity index (χ3v) is 0.714. The van der Waals surface area contributed by atoms with E-state index in [1.54, 1.807) is 13.0 Å². The molecule has 0 saturated carbocycles. The van der Waals surface area contributed by atoms with Gasteiger partial charge in [0.05, 0.1) is 6.07 Å². The number of hydrogen-bond donors (Lipinski definition) is 0. The number of allylic oxidation sites excluding steroid dienone is 2. The van der Waals surface area contributed by atoms with Crippen LogP contribution in [0.3, 0.4) is 0 Å². The minimum Gasteiger partial charge on any atom is -0.193 e. The third-order valence-electron chi connectivity index (χ3n) is 0.560. The Bertz CT molecular complexity index is 110. The van der Waals surface area contributed by atoms with Crippen LogP contribution >= 0.6 is 11.6 Å². The predicted octanol–water partition coefficient (Wildman–Crippen LogP) is 1.70. The first-order chi connectivity index (χ1) is 3.31. The molecule has 0 heterocycles. The molecule has 0 aromatic heterocycles. The molecule has 0 aliphatic rings. The smallest absolute Gasteiger partial charge is 0.0941 e. The lowest BCUT2D eigenvalue weighted by molar-refractivity contribution is 1.42. The zero-order chi connectivity index (χ0) is 5.70. The van der Waals surface area contributed by atoms with E-state index in [1.807, 2.05) is 6.07 Å². The van der Waals surface area contributed by atoms with Gasteiger partial charge in [-0.2, -0.15) is 5.26 Å². The Morgan fingerprint density at radius 2 is 2.57 bits per heavy atom. The Hall–Kier alpha value is -0.480. The lowest BCUT2D eigenvalue weighted by Crippen LogP contribution is -1.66. The molecule has 0 aliphatic heterocycles. The fourth-order valence-electron chi connectivity index (χ4n) is 0.161. The minimum atomic E-state index is 0.430. The fraction of sp³-hybridized carbons (Fsp3) is 0.400. The average molecular weight is 116 g/mol. The van der Waals surface area contributed by atoms with Gasteiger partial charge in [-0.15, -0.1) is 11.6 Å². The Balaban J connectivity index is 3.57. The van der Waals surface area contributed by atoms with Crippen molar-refractivity contribution in [3.05, 3.63) is 11.6 Å². The van der Waals surface area contributed by atoms with Crippen LogP contribution in [0.1, 0.15) is 6.92 Å². The number of nitrogens with zero attached hydrogens (tertiary/aromatic N) is 1. The van der Waals surface area contributed by atoms with Crippen molar-refractivity contribution < 1.29 is 0 Å². The number of nitriles is 1. The summed E-state index contributed by atoms with van der Waals surface area (Å²) < 4.78 is 0. The van der Waals surface area contributed by atoms with E-state index in [0.29, 0.717) is 11.5 Å². The molecule has 0 radical (unpaired) electrons. The second-order valence-corrected chi connectivity index (χ2v) is 1.46. The highest BCUT2D eigenvalue weighted by Gasteiger charge is 1.76. The van der Waals surface area contributed by atoms with Crippen molar-refractivity contribution in [2.24, 2.45) is 0 Å². The first kappa shape index (κ1) is 6.52. The van der Waals surface area contributed by atoms with Crippen molar-refractivity contribution in [3.8, 4) is 6.07 Å². The monoisotopic (exact) mass is 115 g/mol. The second-order valence-electron chi connectivity index (χ2n) is 1.15. The first-order valence-corrected chi connectivity index (χ1v) is 2.47.